The number of pyridine rings is 1. The van der Waals surface area contributed by atoms with E-state index in [0.717, 1.165) is 0 Å². The summed E-state index contributed by atoms with van der Waals surface area (Å²) < 4.78 is 46.8. The van der Waals surface area contributed by atoms with Crippen molar-refractivity contribution in [1.82, 2.24) is 29.7 Å². The third-order valence-corrected chi connectivity index (χ3v) is 8.31. The van der Waals surface area contributed by atoms with Gasteiger partial charge in [-0.15, -0.1) is 10.2 Å². The van der Waals surface area contributed by atoms with Crippen LogP contribution in [0.2, 0.25) is 10.2 Å². The van der Waals surface area contributed by atoms with Crippen molar-refractivity contribution in [2.45, 2.75) is 56.9 Å². The summed E-state index contributed by atoms with van der Waals surface area (Å²) in [5.41, 5.74) is 0.568. The highest BCUT2D eigenvalue weighted by atomic mass is 35.5. The van der Waals surface area contributed by atoms with Gasteiger partial charge in [-0.2, -0.15) is 0 Å². The Hall–Kier alpha value is -2.38. The van der Waals surface area contributed by atoms with Gasteiger partial charge in [0.1, 0.15) is 24.3 Å². The lowest BCUT2D eigenvalue weighted by Gasteiger charge is -2.25. The van der Waals surface area contributed by atoms with Crippen LogP contribution in [0.4, 0.5) is 0 Å². The predicted molar refractivity (Wildman–Crippen MR) is 137 cm³/mol. The molecule has 1 aliphatic heterocycles. The normalized spacial score (nSPS) is 17.0. The molecule has 0 aliphatic carbocycles. The molecule has 0 saturated carbocycles. The van der Waals surface area contributed by atoms with Gasteiger partial charge >= 0.3 is 0 Å². The highest BCUT2D eigenvalue weighted by Crippen LogP contribution is 2.39. The molecule has 3 aromatic rings. The van der Waals surface area contributed by atoms with E-state index in [0.29, 0.717) is 28.8 Å². The van der Waals surface area contributed by atoms with E-state index in [1.54, 1.807) is 17.6 Å². The van der Waals surface area contributed by atoms with E-state index < -0.39 is 33.0 Å². The molecular weight excluding hydrogens is 543 g/mol. The summed E-state index contributed by atoms with van der Waals surface area (Å²) in [5.74, 6) is 0.869. The number of aromatic nitrogens is 6. The first-order valence-corrected chi connectivity index (χ1v) is 14.2. The van der Waals surface area contributed by atoms with Crippen molar-refractivity contribution in [3.8, 4) is 17.1 Å². The molecule has 0 aromatic carbocycles. The second-order valence-corrected chi connectivity index (χ2v) is 11.9. The van der Waals surface area contributed by atoms with Gasteiger partial charge in [-0.1, -0.05) is 23.2 Å². The third kappa shape index (κ3) is 6.04. The Morgan fingerprint density at radius 2 is 1.89 bits per heavy atom. The molecule has 37 heavy (non-hydrogen) atoms. The fraction of sp³-hybridized carbons (Fsp3) is 0.522. The maximum absolute atomic E-state index is 13.7. The van der Waals surface area contributed by atoms with Crippen molar-refractivity contribution in [3.05, 3.63) is 46.5 Å². The Bertz CT molecular complexity index is 1340. The largest absolute Gasteiger partial charge is 0.487 e. The fourth-order valence-electron chi connectivity index (χ4n) is 4.00. The smallest absolute Gasteiger partial charge is 0.171 e. The van der Waals surface area contributed by atoms with Crippen LogP contribution >= 0.6 is 23.2 Å². The second kappa shape index (κ2) is 11.6. The zero-order chi connectivity index (χ0) is 26.7. The molecule has 200 valence electrons. The lowest BCUT2D eigenvalue weighted by molar-refractivity contribution is 0.00142. The summed E-state index contributed by atoms with van der Waals surface area (Å²) in [4.78, 5) is 12.5. The van der Waals surface area contributed by atoms with Gasteiger partial charge in [-0.25, -0.2) is 23.4 Å². The predicted octanol–water partition coefficient (Wildman–Crippen LogP) is 3.88. The van der Waals surface area contributed by atoms with E-state index in [4.69, 9.17) is 37.4 Å². The summed E-state index contributed by atoms with van der Waals surface area (Å²) in [6, 6.07) is 1.31. The Labute approximate surface area is 225 Å². The number of sulfone groups is 1. The molecule has 4 heterocycles. The molecule has 0 radical (unpaired) electrons. The van der Waals surface area contributed by atoms with Crippen molar-refractivity contribution < 1.29 is 22.6 Å². The van der Waals surface area contributed by atoms with Gasteiger partial charge in [0.25, 0.3) is 0 Å². The van der Waals surface area contributed by atoms with Crippen LogP contribution < -0.4 is 4.74 Å². The topological polar surface area (TPSA) is 131 Å². The van der Waals surface area contributed by atoms with Crippen LogP contribution in [0.25, 0.3) is 11.4 Å². The lowest BCUT2D eigenvalue weighted by atomic mass is 10.2. The minimum Gasteiger partial charge on any atom is -0.487 e. The number of hydrogen-bond donors (Lipinski definition) is 0. The van der Waals surface area contributed by atoms with Crippen molar-refractivity contribution >= 4 is 33.0 Å². The number of rotatable bonds is 10. The highest BCUT2D eigenvalue weighted by Gasteiger charge is 2.37. The van der Waals surface area contributed by atoms with Gasteiger partial charge in [-0.3, -0.25) is 0 Å². The SMILES string of the molecule is CCOC[C@H]1COc2c(ccnc2Cl)-c2nnc(CS(=O)(=O)[C@@H](C)[C@@H](OC(C)C)c3ncc(Cl)cn3)n21. The quantitative estimate of drug-likeness (QED) is 0.331. The second-order valence-electron chi connectivity index (χ2n) is 8.79. The van der Waals surface area contributed by atoms with Gasteiger partial charge in [0, 0.05) is 25.2 Å². The summed E-state index contributed by atoms with van der Waals surface area (Å²) in [7, 11) is -3.84. The molecule has 0 saturated heterocycles. The van der Waals surface area contributed by atoms with Crippen LogP contribution in [-0.2, 0) is 25.1 Å². The average Bonchev–Trinajstić information content (AvgIpc) is 3.17. The first kappa shape index (κ1) is 27.6. The zero-order valence-electron chi connectivity index (χ0n) is 20.8. The van der Waals surface area contributed by atoms with Crippen LogP contribution in [0.3, 0.4) is 0 Å². The monoisotopic (exact) mass is 570 g/mol. The van der Waals surface area contributed by atoms with Gasteiger partial charge in [0.15, 0.2) is 32.4 Å². The molecule has 0 fully saturated rings. The average molecular weight is 571 g/mol. The Morgan fingerprint density at radius 1 is 1.16 bits per heavy atom. The fourth-order valence-corrected chi connectivity index (χ4v) is 5.69. The van der Waals surface area contributed by atoms with Crippen LogP contribution in [0.15, 0.2) is 24.7 Å². The minimum atomic E-state index is -3.84. The van der Waals surface area contributed by atoms with Gasteiger partial charge in [0.05, 0.1) is 34.6 Å². The molecule has 3 aromatic heterocycles. The zero-order valence-corrected chi connectivity index (χ0v) is 23.2. The Kier molecular flexibility index (Phi) is 8.64. The summed E-state index contributed by atoms with van der Waals surface area (Å²) in [6.45, 7) is 7.99. The van der Waals surface area contributed by atoms with E-state index in [9.17, 15) is 8.42 Å². The molecule has 4 rings (SSSR count). The number of halogens is 2. The molecule has 3 atom stereocenters. The van der Waals surface area contributed by atoms with Crippen LogP contribution in [0.5, 0.6) is 5.75 Å². The van der Waals surface area contributed by atoms with Crippen LogP contribution in [0.1, 0.15) is 51.5 Å². The Morgan fingerprint density at radius 3 is 2.57 bits per heavy atom. The first-order chi connectivity index (χ1) is 17.6. The maximum atomic E-state index is 13.7. The number of ether oxygens (including phenoxy) is 3. The minimum absolute atomic E-state index is 0.170. The van der Waals surface area contributed by atoms with Gasteiger partial charge in [0.2, 0.25) is 0 Å². The maximum Gasteiger partial charge on any atom is 0.171 e. The number of nitrogens with zero attached hydrogens (tertiary/aromatic N) is 6. The van der Waals surface area contributed by atoms with Gasteiger partial charge < -0.3 is 18.8 Å². The van der Waals surface area contributed by atoms with Crippen LogP contribution in [-0.4, -0.2) is 69.3 Å². The van der Waals surface area contributed by atoms with E-state index in [-0.39, 0.29) is 36.1 Å². The standard InChI is InChI=1S/C23H28Cl2N6O5S/c1-5-34-10-16-11-35-20-17(6-7-26-21(20)25)23-30-29-18(31(16)23)12-37(32,33)14(4)19(36-13(2)3)22-27-8-15(24)9-28-22/h6-9,13-14,16,19H,5,10-12H2,1-4H3/t14-,16-,19+/m0/s1. The highest BCUT2D eigenvalue weighted by molar-refractivity contribution is 7.91. The lowest BCUT2D eigenvalue weighted by Crippen LogP contribution is -2.32. The Balaban J connectivity index is 1.72. The summed E-state index contributed by atoms with van der Waals surface area (Å²) >= 11 is 12.2. The molecule has 0 unspecified atom stereocenters. The van der Waals surface area contributed by atoms with Crippen molar-refractivity contribution in [2.24, 2.45) is 0 Å². The molecule has 11 nitrogen and oxygen atoms in total. The molecule has 0 bridgehead atoms. The summed E-state index contributed by atoms with van der Waals surface area (Å²) in [6.07, 6.45) is 3.17. The van der Waals surface area contributed by atoms with Crippen molar-refractivity contribution in [1.29, 1.82) is 0 Å². The molecule has 0 N–H and O–H groups in total. The first-order valence-electron chi connectivity index (χ1n) is 11.8. The van der Waals surface area contributed by atoms with Gasteiger partial charge in [-0.05, 0) is 33.8 Å². The number of fused-ring (bicyclic) bond motifs is 3. The van der Waals surface area contributed by atoms with E-state index in [2.05, 4.69) is 25.1 Å². The molecule has 0 amide bonds. The van der Waals surface area contributed by atoms with Crippen molar-refractivity contribution in [3.63, 3.8) is 0 Å². The molecule has 1 aliphatic rings. The molecule has 14 heteroatoms. The van der Waals surface area contributed by atoms with Crippen LogP contribution in [0, 0.1) is 0 Å². The molecular formula is C23H28Cl2N6O5S. The molecule has 0 spiro atoms. The van der Waals surface area contributed by atoms with E-state index >= 15 is 0 Å². The summed E-state index contributed by atoms with van der Waals surface area (Å²) in [5, 5.41) is 8.11. The van der Waals surface area contributed by atoms with E-state index in [1.807, 2.05) is 20.8 Å². The third-order valence-electron chi connectivity index (χ3n) is 5.80. The number of hydrogen-bond acceptors (Lipinski definition) is 10. The van der Waals surface area contributed by atoms with Crippen molar-refractivity contribution in [2.75, 3.05) is 19.8 Å². The van der Waals surface area contributed by atoms with E-state index in [1.165, 1.54) is 18.6 Å².